The van der Waals surface area contributed by atoms with E-state index in [1.54, 1.807) is 6.07 Å². The SMILES string of the molecule is Cc1ccc(NC(=O)CSc2nc3ccc(N4C(=O)[C@H]5CCCC[C@@H]5C4=O)cc3s2)cc1. The number of amides is 3. The molecule has 8 heteroatoms. The minimum Gasteiger partial charge on any atom is -0.325 e. The summed E-state index contributed by atoms with van der Waals surface area (Å²) in [5, 5.41) is 2.89. The van der Waals surface area contributed by atoms with Crippen LogP contribution in [0, 0.1) is 18.8 Å². The van der Waals surface area contributed by atoms with Gasteiger partial charge in [-0.3, -0.25) is 19.3 Å². The lowest BCUT2D eigenvalue weighted by Gasteiger charge is -2.19. The maximum absolute atomic E-state index is 12.9. The van der Waals surface area contributed by atoms with Crippen molar-refractivity contribution in [3.8, 4) is 0 Å². The van der Waals surface area contributed by atoms with Gasteiger partial charge in [0, 0.05) is 5.69 Å². The highest BCUT2D eigenvalue weighted by molar-refractivity contribution is 8.01. The van der Waals surface area contributed by atoms with E-state index in [0.29, 0.717) is 5.69 Å². The Hall–Kier alpha value is -2.71. The van der Waals surface area contributed by atoms with Crippen LogP contribution in [-0.4, -0.2) is 28.5 Å². The summed E-state index contributed by atoms with van der Waals surface area (Å²) < 4.78 is 1.68. The summed E-state index contributed by atoms with van der Waals surface area (Å²) in [7, 11) is 0. The summed E-state index contributed by atoms with van der Waals surface area (Å²) >= 11 is 2.85. The first-order valence-corrected chi connectivity index (χ1v) is 12.6. The standard InChI is InChI=1S/C24H23N3O3S2/c1-14-6-8-15(9-7-14)25-21(28)13-31-24-26-19-11-10-16(12-20(19)32-24)27-22(29)17-4-2-3-5-18(17)23(27)30/h6-12,17-18H,2-5,13H2,1H3,(H,25,28)/t17-,18-/m0/s1. The number of fused-ring (bicyclic) bond motifs is 2. The molecule has 2 fully saturated rings. The minimum absolute atomic E-state index is 0.0639. The third kappa shape index (κ3) is 4.04. The number of aromatic nitrogens is 1. The molecule has 1 N–H and O–H groups in total. The van der Waals surface area contributed by atoms with Gasteiger partial charge in [0.25, 0.3) is 0 Å². The van der Waals surface area contributed by atoms with E-state index in [4.69, 9.17) is 0 Å². The number of rotatable bonds is 5. The lowest BCUT2D eigenvalue weighted by atomic mass is 9.81. The summed E-state index contributed by atoms with van der Waals surface area (Å²) in [6.45, 7) is 2.00. The average molecular weight is 466 g/mol. The molecule has 3 amide bonds. The quantitative estimate of drug-likeness (QED) is 0.423. The zero-order chi connectivity index (χ0) is 22.2. The number of imide groups is 1. The van der Waals surface area contributed by atoms with E-state index in [9.17, 15) is 14.4 Å². The number of thiazole rings is 1. The van der Waals surface area contributed by atoms with E-state index in [1.807, 2.05) is 43.3 Å². The van der Waals surface area contributed by atoms with Crippen molar-refractivity contribution in [2.45, 2.75) is 36.9 Å². The number of nitrogens with one attached hydrogen (secondary N) is 1. The number of benzene rings is 2. The second-order valence-corrected chi connectivity index (χ2v) is 10.6. The van der Waals surface area contributed by atoms with Crippen LogP contribution in [0.15, 0.2) is 46.8 Å². The molecule has 1 aliphatic carbocycles. The third-order valence-corrected chi connectivity index (χ3v) is 8.27. The van der Waals surface area contributed by atoms with E-state index in [-0.39, 0.29) is 35.3 Å². The molecule has 0 spiro atoms. The molecule has 1 saturated heterocycles. The van der Waals surface area contributed by atoms with E-state index in [0.717, 1.165) is 51.5 Å². The Morgan fingerprint density at radius 1 is 1.09 bits per heavy atom. The summed E-state index contributed by atoms with van der Waals surface area (Å²) in [5.74, 6) is -0.280. The van der Waals surface area contributed by atoms with E-state index >= 15 is 0 Å². The lowest BCUT2D eigenvalue weighted by molar-refractivity contribution is -0.122. The van der Waals surface area contributed by atoms with Crippen LogP contribution in [0.3, 0.4) is 0 Å². The number of carbonyl (C=O) groups excluding carboxylic acids is 3. The van der Waals surface area contributed by atoms with Gasteiger partial charge >= 0.3 is 0 Å². The molecule has 1 aliphatic heterocycles. The molecule has 2 aliphatic rings. The van der Waals surface area contributed by atoms with Gasteiger partial charge in [-0.2, -0.15) is 0 Å². The maximum atomic E-state index is 12.9. The fourth-order valence-electron chi connectivity index (χ4n) is 4.47. The van der Waals surface area contributed by atoms with Crippen LogP contribution in [0.25, 0.3) is 10.2 Å². The molecule has 164 valence electrons. The largest absolute Gasteiger partial charge is 0.325 e. The van der Waals surface area contributed by atoms with Gasteiger partial charge in [-0.25, -0.2) is 4.98 Å². The van der Waals surface area contributed by atoms with Gasteiger partial charge in [0.2, 0.25) is 17.7 Å². The third-order valence-electron chi connectivity index (χ3n) is 6.11. The predicted octanol–water partition coefficient (Wildman–Crippen LogP) is 5.02. The lowest BCUT2D eigenvalue weighted by Crippen LogP contribution is -2.30. The molecule has 2 atom stereocenters. The zero-order valence-electron chi connectivity index (χ0n) is 17.7. The highest BCUT2D eigenvalue weighted by Crippen LogP contribution is 2.41. The van der Waals surface area contributed by atoms with Gasteiger partial charge < -0.3 is 5.32 Å². The molecule has 32 heavy (non-hydrogen) atoms. The molecule has 0 unspecified atom stereocenters. The van der Waals surface area contributed by atoms with Crippen LogP contribution in [-0.2, 0) is 14.4 Å². The van der Waals surface area contributed by atoms with Crippen LogP contribution in [0.2, 0.25) is 0 Å². The summed E-state index contributed by atoms with van der Waals surface area (Å²) in [4.78, 5) is 44.0. The van der Waals surface area contributed by atoms with E-state index < -0.39 is 0 Å². The van der Waals surface area contributed by atoms with Crippen LogP contribution in [0.4, 0.5) is 11.4 Å². The Bertz CT molecular complexity index is 1180. The zero-order valence-corrected chi connectivity index (χ0v) is 19.3. The smallest absolute Gasteiger partial charge is 0.237 e. The van der Waals surface area contributed by atoms with Gasteiger partial charge in [0.05, 0.1) is 33.5 Å². The number of anilines is 2. The number of hydrogen-bond acceptors (Lipinski definition) is 6. The van der Waals surface area contributed by atoms with Crippen molar-refractivity contribution in [3.05, 3.63) is 48.0 Å². The van der Waals surface area contributed by atoms with Crippen LogP contribution >= 0.6 is 23.1 Å². The normalized spacial score (nSPS) is 20.6. The molecule has 1 saturated carbocycles. The van der Waals surface area contributed by atoms with Crippen molar-refractivity contribution >= 4 is 62.4 Å². The molecule has 2 aromatic carbocycles. The van der Waals surface area contributed by atoms with Gasteiger partial charge in [0.1, 0.15) is 0 Å². The van der Waals surface area contributed by atoms with Gasteiger partial charge in [-0.15, -0.1) is 11.3 Å². The van der Waals surface area contributed by atoms with Crippen molar-refractivity contribution < 1.29 is 14.4 Å². The van der Waals surface area contributed by atoms with Crippen LogP contribution in [0.5, 0.6) is 0 Å². The monoisotopic (exact) mass is 465 g/mol. The van der Waals surface area contributed by atoms with Crippen LogP contribution in [0.1, 0.15) is 31.2 Å². The van der Waals surface area contributed by atoms with Crippen molar-refractivity contribution in [2.24, 2.45) is 11.8 Å². The Balaban J connectivity index is 1.28. The molecule has 1 aromatic heterocycles. The second kappa shape index (κ2) is 8.67. The first-order chi connectivity index (χ1) is 15.5. The first-order valence-electron chi connectivity index (χ1n) is 10.8. The van der Waals surface area contributed by atoms with E-state index in [2.05, 4.69) is 10.3 Å². The number of thioether (sulfide) groups is 1. The molecule has 0 bridgehead atoms. The fourth-order valence-corrected chi connectivity index (χ4v) is 6.37. The second-order valence-electron chi connectivity index (χ2n) is 8.34. The molecule has 2 heterocycles. The summed E-state index contributed by atoms with van der Waals surface area (Å²) in [5.41, 5.74) is 3.34. The Morgan fingerprint density at radius 2 is 1.78 bits per heavy atom. The molecular weight excluding hydrogens is 442 g/mol. The predicted molar refractivity (Wildman–Crippen MR) is 128 cm³/mol. The van der Waals surface area contributed by atoms with Gasteiger partial charge in [-0.1, -0.05) is 42.3 Å². The molecular formula is C24H23N3O3S2. The van der Waals surface area contributed by atoms with Crippen LogP contribution < -0.4 is 10.2 Å². The van der Waals surface area contributed by atoms with Crippen molar-refractivity contribution in [1.82, 2.24) is 4.98 Å². The number of carbonyl (C=O) groups is 3. The molecule has 0 radical (unpaired) electrons. The maximum Gasteiger partial charge on any atom is 0.237 e. The topological polar surface area (TPSA) is 79.4 Å². The fraction of sp³-hybridized carbons (Fsp3) is 0.333. The number of hydrogen-bond donors (Lipinski definition) is 1. The molecule has 3 aromatic rings. The van der Waals surface area contributed by atoms with Crippen molar-refractivity contribution in [2.75, 3.05) is 16.0 Å². The molecule has 6 nitrogen and oxygen atoms in total. The van der Waals surface area contributed by atoms with Crippen molar-refractivity contribution in [1.29, 1.82) is 0 Å². The first kappa shape index (κ1) is 21.2. The minimum atomic E-state index is -0.161. The summed E-state index contributed by atoms with van der Waals surface area (Å²) in [6, 6.07) is 13.2. The number of aryl methyl sites for hydroxylation is 1. The highest BCUT2D eigenvalue weighted by Gasteiger charge is 2.48. The van der Waals surface area contributed by atoms with Crippen molar-refractivity contribution in [3.63, 3.8) is 0 Å². The number of nitrogens with zero attached hydrogens (tertiary/aromatic N) is 2. The molecule has 5 rings (SSSR count). The Labute approximate surface area is 194 Å². The highest BCUT2D eigenvalue weighted by atomic mass is 32.2. The van der Waals surface area contributed by atoms with E-state index in [1.165, 1.54) is 28.0 Å². The van der Waals surface area contributed by atoms with Gasteiger partial charge in [-0.05, 0) is 50.1 Å². The Kier molecular flexibility index (Phi) is 5.73. The average Bonchev–Trinajstić information content (AvgIpc) is 3.32. The summed E-state index contributed by atoms with van der Waals surface area (Å²) in [6.07, 6.45) is 3.64. The Morgan fingerprint density at radius 3 is 2.47 bits per heavy atom. The van der Waals surface area contributed by atoms with Gasteiger partial charge in [0.15, 0.2) is 4.34 Å².